The Balaban J connectivity index is 4.28. The average molecular weight is 148 g/mol. The highest BCUT2D eigenvalue weighted by atomic mass is 32.2. The van der Waals surface area contributed by atoms with Gasteiger partial charge in [-0.15, -0.1) is 11.8 Å². The number of nitro groups is 1. The standard InChI is InChI=1S/C4H8N2O2S/c1-3(6(7)8)4(5)9-2/h5H2,1-2H3. The quantitative estimate of drug-likeness (QED) is 0.464. The van der Waals surface area contributed by atoms with Crippen LogP contribution in [0.25, 0.3) is 0 Å². The van der Waals surface area contributed by atoms with E-state index in [1.807, 2.05) is 0 Å². The van der Waals surface area contributed by atoms with Crippen LogP contribution in [-0.4, -0.2) is 11.2 Å². The monoisotopic (exact) mass is 148 g/mol. The molecule has 9 heavy (non-hydrogen) atoms. The Bertz CT molecular complexity index is 155. The Morgan fingerprint density at radius 1 is 1.78 bits per heavy atom. The third kappa shape index (κ3) is 2.36. The summed E-state index contributed by atoms with van der Waals surface area (Å²) in [5.74, 6) is 0. The molecule has 0 aromatic heterocycles. The first kappa shape index (κ1) is 8.29. The van der Waals surface area contributed by atoms with Crippen LogP contribution in [0.15, 0.2) is 10.7 Å². The van der Waals surface area contributed by atoms with E-state index in [0.717, 1.165) is 0 Å². The highest BCUT2D eigenvalue weighted by molar-refractivity contribution is 8.02. The maximum atomic E-state index is 9.95. The molecule has 0 fully saturated rings. The van der Waals surface area contributed by atoms with Gasteiger partial charge in [-0.05, 0) is 6.26 Å². The molecule has 0 aliphatic rings. The lowest BCUT2D eigenvalue weighted by Crippen LogP contribution is -2.03. The highest BCUT2D eigenvalue weighted by Gasteiger charge is 2.06. The molecule has 0 radical (unpaired) electrons. The average Bonchev–Trinajstić information content (AvgIpc) is 1.84. The lowest BCUT2D eigenvalue weighted by molar-refractivity contribution is -0.425. The van der Waals surface area contributed by atoms with Crippen molar-refractivity contribution in [2.75, 3.05) is 6.26 Å². The predicted molar refractivity (Wildman–Crippen MR) is 37.4 cm³/mol. The van der Waals surface area contributed by atoms with E-state index >= 15 is 0 Å². The minimum Gasteiger partial charge on any atom is -0.388 e. The van der Waals surface area contributed by atoms with E-state index < -0.39 is 4.92 Å². The SMILES string of the molecule is CSC(N)=C(C)[N+](=O)[O-]. The summed E-state index contributed by atoms with van der Waals surface area (Å²) >= 11 is 1.18. The molecule has 0 aliphatic heterocycles. The van der Waals surface area contributed by atoms with Crippen LogP contribution in [0.2, 0.25) is 0 Å². The zero-order valence-electron chi connectivity index (χ0n) is 5.25. The van der Waals surface area contributed by atoms with Gasteiger partial charge in [0.15, 0.2) is 0 Å². The second-order valence-electron chi connectivity index (χ2n) is 1.41. The predicted octanol–water partition coefficient (Wildman–Crippen LogP) is 0.774. The summed E-state index contributed by atoms with van der Waals surface area (Å²) in [5.41, 5.74) is 5.23. The van der Waals surface area contributed by atoms with Gasteiger partial charge in [-0.3, -0.25) is 10.1 Å². The molecular weight excluding hydrogens is 140 g/mol. The number of hydrogen-bond acceptors (Lipinski definition) is 4. The molecule has 2 N–H and O–H groups in total. The summed E-state index contributed by atoms with van der Waals surface area (Å²) < 4.78 is 0. The number of hydrogen-bond donors (Lipinski definition) is 1. The van der Waals surface area contributed by atoms with Crippen LogP contribution in [0.5, 0.6) is 0 Å². The molecule has 0 saturated heterocycles. The normalized spacial score (nSPS) is 12.7. The molecule has 0 bridgehead atoms. The first-order valence-electron chi connectivity index (χ1n) is 2.24. The van der Waals surface area contributed by atoms with Crippen LogP contribution in [-0.2, 0) is 0 Å². The summed E-state index contributed by atoms with van der Waals surface area (Å²) in [6.45, 7) is 1.38. The molecule has 0 heterocycles. The van der Waals surface area contributed by atoms with E-state index in [-0.39, 0.29) is 10.7 Å². The van der Waals surface area contributed by atoms with Crippen molar-refractivity contribution < 1.29 is 4.92 Å². The molecule has 0 rings (SSSR count). The van der Waals surface area contributed by atoms with Crippen molar-refractivity contribution in [3.05, 3.63) is 20.8 Å². The first-order chi connectivity index (χ1) is 4.09. The molecule has 0 spiro atoms. The van der Waals surface area contributed by atoms with Gasteiger partial charge in [-0.25, -0.2) is 0 Å². The van der Waals surface area contributed by atoms with E-state index in [2.05, 4.69) is 0 Å². The van der Waals surface area contributed by atoms with Gasteiger partial charge in [-0.1, -0.05) is 0 Å². The lowest BCUT2D eigenvalue weighted by Gasteiger charge is -1.93. The highest BCUT2D eigenvalue weighted by Crippen LogP contribution is 2.09. The first-order valence-corrected chi connectivity index (χ1v) is 3.46. The number of nitrogens with two attached hydrogens (primary N) is 1. The van der Waals surface area contributed by atoms with E-state index in [0.29, 0.717) is 0 Å². The maximum Gasteiger partial charge on any atom is 0.272 e. The third-order valence-corrected chi connectivity index (χ3v) is 1.59. The number of allylic oxidation sites excluding steroid dienone is 1. The van der Waals surface area contributed by atoms with Crippen molar-refractivity contribution in [1.29, 1.82) is 0 Å². The van der Waals surface area contributed by atoms with Crippen molar-refractivity contribution >= 4 is 11.8 Å². The van der Waals surface area contributed by atoms with Crippen LogP contribution in [0.3, 0.4) is 0 Å². The molecule has 5 heteroatoms. The Morgan fingerprint density at radius 3 is 2.33 bits per heavy atom. The fourth-order valence-electron chi connectivity index (χ4n) is 0.238. The van der Waals surface area contributed by atoms with Crippen LogP contribution >= 0.6 is 11.8 Å². The minimum atomic E-state index is -0.494. The molecule has 0 atom stereocenters. The van der Waals surface area contributed by atoms with Crippen molar-refractivity contribution in [2.24, 2.45) is 5.73 Å². The molecule has 0 aromatic rings. The molecule has 0 aliphatic carbocycles. The zero-order valence-corrected chi connectivity index (χ0v) is 6.07. The van der Waals surface area contributed by atoms with E-state index in [1.54, 1.807) is 6.26 Å². The maximum absolute atomic E-state index is 9.95. The second kappa shape index (κ2) is 3.34. The number of nitrogens with zero attached hydrogens (tertiary/aromatic N) is 1. The Labute approximate surface area is 57.3 Å². The Hall–Kier alpha value is -0.710. The molecule has 0 unspecified atom stereocenters. The largest absolute Gasteiger partial charge is 0.388 e. The van der Waals surface area contributed by atoms with Crippen molar-refractivity contribution in [1.82, 2.24) is 0 Å². The van der Waals surface area contributed by atoms with Gasteiger partial charge in [0.05, 0.1) is 4.92 Å². The molecular formula is C4H8N2O2S. The summed E-state index contributed by atoms with van der Waals surface area (Å²) in [6.07, 6.45) is 1.70. The fraction of sp³-hybridized carbons (Fsp3) is 0.500. The number of thioether (sulfide) groups is 1. The van der Waals surface area contributed by atoms with Gasteiger partial charge in [0.1, 0.15) is 5.03 Å². The summed E-state index contributed by atoms with van der Waals surface area (Å²) in [6, 6.07) is 0. The van der Waals surface area contributed by atoms with Gasteiger partial charge in [-0.2, -0.15) is 0 Å². The van der Waals surface area contributed by atoms with Crippen LogP contribution in [0, 0.1) is 10.1 Å². The van der Waals surface area contributed by atoms with Crippen molar-refractivity contribution in [2.45, 2.75) is 6.92 Å². The smallest absolute Gasteiger partial charge is 0.272 e. The third-order valence-electron chi connectivity index (χ3n) is 0.850. The van der Waals surface area contributed by atoms with Crippen molar-refractivity contribution in [3.63, 3.8) is 0 Å². The zero-order chi connectivity index (χ0) is 7.44. The summed E-state index contributed by atoms with van der Waals surface area (Å²) in [5, 5.41) is 10.2. The molecule has 0 saturated carbocycles. The van der Waals surface area contributed by atoms with E-state index in [4.69, 9.17) is 5.73 Å². The van der Waals surface area contributed by atoms with Crippen LogP contribution in [0.1, 0.15) is 6.92 Å². The van der Waals surface area contributed by atoms with Gasteiger partial charge in [0, 0.05) is 6.92 Å². The summed E-state index contributed by atoms with van der Waals surface area (Å²) in [7, 11) is 0. The van der Waals surface area contributed by atoms with E-state index in [9.17, 15) is 10.1 Å². The summed E-state index contributed by atoms with van der Waals surface area (Å²) in [4.78, 5) is 9.46. The van der Waals surface area contributed by atoms with Gasteiger partial charge in [0.2, 0.25) is 0 Å². The lowest BCUT2D eigenvalue weighted by atomic mass is 10.6. The number of rotatable bonds is 2. The van der Waals surface area contributed by atoms with E-state index in [1.165, 1.54) is 18.7 Å². The molecule has 0 aromatic carbocycles. The van der Waals surface area contributed by atoms with Gasteiger partial charge < -0.3 is 5.73 Å². The molecule has 52 valence electrons. The molecule has 4 nitrogen and oxygen atoms in total. The minimum absolute atomic E-state index is 0.0162. The van der Waals surface area contributed by atoms with Crippen LogP contribution in [0.4, 0.5) is 0 Å². The Kier molecular flexibility index (Phi) is 3.08. The van der Waals surface area contributed by atoms with Gasteiger partial charge >= 0.3 is 0 Å². The fourth-order valence-corrected chi connectivity index (χ4v) is 0.608. The Morgan fingerprint density at radius 2 is 2.22 bits per heavy atom. The second-order valence-corrected chi connectivity index (χ2v) is 2.26. The van der Waals surface area contributed by atoms with Gasteiger partial charge in [0.25, 0.3) is 5.70 Å². The van der Waals surface area contributed by atoms with Crippen LogP contribution < -0.4 is 5.73 Å². The molecule has 0 amide bonds. The topological polar surface area (TPSA) is 69.2 Å². The van der Waals surface area contributed by atoms with Crippen molar-refractivity contribution in [3.8, 4) is 0 Å².